The number of phenolic OH excluding ortho intramolecular Hbond substituents is 1. The number of fused-ring (bicyclic) bond motifs is 1. The van der Waals surface area contributed by atoms with E-state index in [1.807, 2.05) is 19.9 Å². The molecule has 3 aromatic carbocycles. The number of aromatic nitrogens is 1. The number of nitrogens with zero attached hydrogens (tertiary/aromatic N) is 1. The molecule has 0 amide bonds. The van der Waals surface area contributed by atoms with Crippen LogP contribution in [0.2, 0.25) is 0 Å². The fraction of sp³-hybridized carbons (Fsp3) is 0.523. The second kappa shape index (κ2) is 15.9. The number of aromatic hydroxyl groups is 1. The third kappa shape index (κ3) is 9.62. The molecule has 1 N–H and O–H groups in total. The van der Waals surface area contributed by atoms with Gasteiger partial charge in [0.1, 0.15) is 11.5 Å². The second-order valence-electron chi connectivity index (χ2n) is 16.7. The average Bonchev–Trinajstić information content (AvgIpc) is 2.98. The highest BCUT2D eigenvalue weighted by molar-refractivity contribution is 5.97. The Bertz CT molecular complexity index is 1650. The van der Waals surface area contributed by atoms with Crippen LogP contribution < -0.4 is 4.74 Å². The average molecular weight is 656 g/mol. The first-order valence-corrected chi connectivity index (χ1v) is 17.7. The summed E-state index contributed by atoms with van der Waals surface area (Å²) >= 11 is 0. The van der Waals surface area contributed by atoms with Crippen LogP contribution >= 0.6 is 0 Å². The molecule has 264 valence electrons. The number of rotatable bonds is 5. The van der Waals surface area contributed by atoms with Crippen molar-refractivity contribution in [1.29, 1.82) is 0 Å². The van der Waals surface area contributed by atoms with E-state index in [-0.39, 0.29) is 28.5 Å². The van der Waals surface area contributed by atoms with E-state index in [0.717, 1.165) is 50.2 Å². The summed E-state index contributed by atoms with van der Waals surface area (Å²) in [5, 5.41) is 12.8. The maximum absolute atomic E-state index is 11.7. The van der Waals surface area contributed by atoms with Gasteiger partial charge in [-0.2, -0.15) is 0 Å². The number of methoxy groups -OCH3 is 1. The van der Waals surface area contributed by atoms with Gasteiger partial charge in [0.25, 0.3) is 0 Å². The molecule has 4 aromatic rings. The molecule has 4 heteroatoms. The third-order valence-corrected chi connectivity index (χ3v) is 8.15. The Morgan fingerprint density at radius 3 is 1.60 bits per heavy atom. The van der Waals surface area contributed by atoms with Crippen LogP contribution in [0.15, 0.2) is 54.6 Å². The van der Waals surface area contributed by atoms with Crippen LogP contribution in [0.1, 0.15) is 139 Å². The van der Waals surface area contributed by atoms with Crippen molar-refractivity contribution in [2.75, 3.05) is 13.9 Å². The lowest BCUT2D eigenvalue weighted by molar-refractivity contribution is 0.0502. The molecule has 0 aliphatic carbocycles. The molecule has 0 unspecified atom stereocenters. The lowest BCUT2D eigenvalue weighted by atomic mass is 9.78. The van der Waals surface area contributed by atoms with Crippen molar-refractivity contribution >= 4 is 10.9 Å². The number of phenols is 1. The Hall–Kier alpha value is -3.37. The first kappa shape index (κ1) is 40.8. The second-order valence-corrected chi connectivity index (χ2v) is 16.7. The zero-order chi connectivity index (χ0) is 36.8. The standard InChI is InChI=1S/C39H51NO3.C3H8.C2H6/c1-36(2,3)25-19-28(34(41)30(21-25)38(7,8)9)27-16-14-15-24-17-18-32(40-33(24)27)29-20-26(37(4,5)6)22-31(39(10,11)12)35(29)43-23-42-13;1-3-2;1-2/h14-22,41H,23H2,1-13H3;3H2,1-2H3;1-2H3. The lowest BCUT2D eigenvalue weighted by Gasteiger charge is -2.29. The molecule has 0 saturated carbocycles. The molecule has 0 bridgehead atoms. The van der Waals surface area contributed by atoms with Crippen LogP contribution in [0.25, 0.3) is 33.3 Å². The van der Waals surface area contributed by atoms with E-state index in [0.29, 0.717) is 5.75 Å². The normalized spacial score (nSPS) is 12.2. The molecule has 4 rings (SSSR count). The smallest absolute Gasteiger partial charge is 0.188 e. The minimum Gasteiger partial charge on any atom is -0.507 e. The Kier molecular flexibility index (Phi) is 13.5. The largest absolute Gasteiger partial charge is 0.507 e. The molecule has 0 aliphatic rings. The number of hydrogen-bond acceptors (Lipinski definition) is 4. The summed E-state index contributed by atoms with van der Waals surface area (Å²) in [5.41, 5.74) is 8.24. The number of benzene rings is 3. The molecule has 4 nitrogen and oxygen atoms in total. The number of ether oxygens (including phenoxy) is 2. The summed E-state index contributed by atoms with van der Waals surface area (Å²) in [6.45, 7) is 34.8. The van der Waals surface area contributed by atoms with Crippen molar-refractivity contribution in [2.24, 2.45) is 0 Å². The molecule has 0 spiro atoms. The number of para-hydroxylation sites is 1. The summed E-state index contributed by atoms with van der Waals surface area (Å²) in [6.07, 6.45) is 1.25. The highest BCUT2D eigenvalue weighted by atomic mass is 16.7. The van der Waals surface area contributed by atoms with Crippen molar-refractivity contribution in [3.63, 3.8) is 0 Å². The minimum atomic E-state index is -0.229. The molecule has 1 heterocycles. The molecule has 0 fully saturated rings. The molecule has 48 heavy (non-hydrogen) atoms. The zero-order valence-corrected chi connectivity index (χ0v) is 33.3. The van der Waals surface area contributed by atoms with Gasteiger partial charge in [-0.05, 0) is 51.0 Å². The zero-order valence-electron chi connectivity index (χ0n) is 33.3. The molecule has 0 aliphatic heterocycles. The third-order valence-electron chi connectivity index (χ3n) is 8.15. The maximum Gasteiger partial charge on any atom is 0.188 e. The number of pyridine rings is 1. The van der Waals surface area contributed by atoms with Gasteiger partial charge in [-0.15, -0.1) is 0 Å². The maximum atomic E-state index is 11.7. The van der Waals surface area contributed by atoms with Crippen molar-refractivity contribution in [2.45, 2.75) is 139 Å². The topological polar surface area (TPSA) is 51.6 Å². The van der Waals surface area contributed by atoms with E-state index in [2.05, 4.69) is 145 Å². The quantitative estimate of drug-likeness (QED) is 0.217. The van der Waals surface area contributed by atoms with Gasteiger partial charge in [0.05, 0.1) is 11.2 Å². The van der Waals surface area contributed by atoms with Crippen LogP contribution in [0.4, 0.5) is 0 Å². The Balaban J connectivity index is 0.00000151. The first-order chi connectivity index (χ1) is 22.1. The van der Waals surface area contributed by atoms with Crippen molar-refractivity contribution in [1.82, 2.24) is 4.98 Å². The van der Waals surface area contributed by atoms with Gasteiger partial charge >= 0.3 is 0 Å². The van der Waals surface area contributed by atoms with Crippen LogP contribution in [-0.2, 0) is 26.4 Å². The predicted molar refractivity (Wildman–Crippen MR) is 209 cm³/mol. The van der Waals surface area contributed by atoms with E-state index in [1.54, 1.807) is 7.11 Å². The van der Waals surface area contributed by atoms with E-state index >= 15 is 0 Å². The first-order valence-electron chi connectivity index (χ1n) is 17.7. The Morgan fingerprint density at radius 2 is 1.12 bits per heavy atom. The van der Waals surface area contributed by atoms with E-state index in [4.69, 9.17) is 14.5 Å². The summed E-state index contributed by atoms with van der Waals surface area (Å²) < 4.78 is 11.7. The molecule has 0 atom stereocenters. The summed E-state index contributed by atoms with van der Waals surface area (Å²) in [7, 11) is 1.64. The number of hydrogen-bond donors (Lipinski definition) is 1. The Morgan fingerprint density at radius 1 is 0.625 bits per heavy atom. The molecule has 1 aromatic heterocycles. The van der Waals surface area contributed by atoms with Crippen molar-refractivity contribution in [3.8, 4) is 33.9 Å². The van der Waals surface area contributed by atoms with Gasteiger partial charge in [0.15, 0.2) is 6.79 Å². The summed E-state index contributed by atoms with van der Waals surface area (Å²) in [4.78, 5) is 5.33. The highest BCUT2D eigenvalue weighted by Gasteiger charge is 2.29. The van der Waals surface area contributed by atoms with Crippen LogP contribution in [0.3, 0.4) is 0 Å². The van der Waals surface area contributed by atoms with Crippen LogP contribution in [0.5, 0.6) is 11.5 Å². The monoisotopic (exact) mass is 655 g/mol. The summed E-state index contributed by atoms with van der Waals surface area (Å²) in [5.74, 6) is 1.10. The minimum absolute atomic E-state index is 0.0704. The van der Waals surface area contributed by atoms with Crippen LogP contribution in [-0.4, -0.2) is 24.0 Å². The fourth-order valence-electron chi connectivity index (χ4n) is 5.44. The molecular weight excluding hydrogens is 590 g/mol. The summed E-state index contributed by atoms with van der Waals surface area (Å²) in [6, 6.07) is 19.2. The van der Waals surface area contributed by atoms with Gasteiger partial charge in [-0.25, -0.2) is 4.98 Å². The van der Waals surface area contributed by atoms with E-state index < -0.39 is 0 Å². The fourth-order valence-corrected chi connectivity index (χ4v) is 5.44. The van der Waals surface area contributed by atoms with Crippen molar-refractivity contribution < 1.29 is 14.6 Å². The van der Waals surface area contributed by atoms with Gasteiger partial charge in [0.2, 0.25) is 0 Å². The van der Waals surface area contributed by atoms with Gasteiger partial charge in [-0.1, -0.05) is 154 Å². The highest BCUT2D eigenvalue weighted by Crippen LogP contribution is 2.46. The molecule has 0 radical (unpaired) electrons. The lowest BCUT2D eigenvalue weighted by Crippen LogP contribution is -2.19. The molecular formula is C44H65NO3. The van der Waals surface area contributed by atoms with Gasteiger partial charge < -0.3 is 14.6 Å². The van der Waals surface area contributed by atoms with Gasteiger partial charge in [-0.3, -0.25) is 0 Å². The SMILES string of the molecule is CC.CCC.COCOc1c(-c2ccc3cccc(-c4cc(C(C)(C)C)cc(C(C)(C)C)c4O)c3n2)cc(C(C)(C)C)cc1C(C)(C)C. The van der Waals surface area contributed by atoms with E-state index in [9.17, 15) is 5.11 Å². The predicted octanol–water partition coefficient (Wildman–Crippen LogP) is 12.9. The van der Waals surface area contributed by atoms with Gasteiger partial charge in [0, 0.05) is 40.3 Å². The van der Waals surface area contributed by atoms with E-state index in [1.165, 1.54) is 17.5 Å². The van der Waals surface area contributed by atoms with Crippen LogP contribution in [0, 0.1) is 0 Å². The van der Waals surface area contributed by atoms with Crippen molar-refractivity contribution in [3.05, 3.63) is 76.9 Å². The molecule has 0 saturated heterocycles. The Labute approximate surface area is 293 Å².